The zero-order chi connectivity index (χ0) is 21.6. The molecule has 29 heavy (non-hydrogen) atoms. The molecule has 3 N–H and O–H groups in total. The average Bonchev–Trinajstić information content (AvgIpc) is 3.10. The Morgan fingerprint density at radius 3 is 2.66 bits per heavy atom. The third kappa shape index (κ3) is 4.99. The summed E-state index contributed by atoms with van der Waals surface area (Å²) in [7, 11) is 1.52. The lowest BCUT2D eigenvalue weighted by molar-refractivity contribution is -0.0498. The van der Waals surface area contributed by atoms with Crippen LogP contribution in [0.4, 0.5) is 8.78 Å². The summed E-state index contributed by atoms with van der Waals surface area (Å²) < 4.78 is 31.7. The third-order valence-corrected chi connectivity index (χ3v) is 4.33. The number of hydrogen-bond acceptors (Lipinski definition) is 7. The quantitative estimate of drug-likeness (QED) is 0.601. The second-order valence-corrected chi connectivity index (χ2v) is 6.48. The molecule has 152 valence electrons. The number of nitrogens with one attached hydrogen (secondary N) is 1. The van der Waals surface area contributed by atoms with Crippen molar-refractivity contribution >= 4 is 17.3 Å². The fourth-order valence-electron chi connectivity index (χ4n) is 2.95. The second kappa shape index (κ2) is 9.02. The van der Waals surface area contributed by atoms with Crippen LogP contribution in [0.25, 0.3) is 11.1 Å². The number of halogens is 2. The summed E-state index contributed by atoms with van der Waals surface area (Å²) in [6, 6.07) is 3.81. The Hall–Kier alpha value is -3.66. The van der Waals surface area contributed by atoms with Crippen molar-refractivity contribution in [1.29, 1.82) is 15.9 Å². The van der Waals surface area contributed by atoms with Gasteiger partial charge in [0.1, 0.15) is 22.9 Å². The molecule has 0 aliphatic carbocycles. The van der Waals surface area contributed by atoms with Gasteiger partial charge in [0.2, 0.25) is 0 Å². The maximum atomic E-state index is 12.4. The van der Waals surface area contributed by atoms with E-state index in [0.29, 0.717) is 46.6 Å². The molecule has 0 aromatic carbocycles. The van der Waals surface area contributed by atoms with Gasteiger partial charge in [-0.25, -0.2) is 13.3 Å². The number of piperidine rings is 1. The van der Waals surface area contributed by atoms with Crippen molar-refractivity contribution < 1.29 is 13.5 Å². The summed E-state index contributed by atoms with van der Waals surface area (Å²) in [5, 5.41) is 28.8. The lowest BCUT2D eigenvalue weighted by atomic mass is 10.1. The van der Waals surface area contributed by atoms with Crippen LogP contribution >= 0.6 is 0 Å². The summed E-state index contributed by atoms with van der Waals surface area (Å²) >= 11 is 0. The monoisotopic (exact) mass is 401 g/mol. The van der Waals surface area contributed by atoms with E-state index in [1.54, 1.807) is 29.9 Å². The Labute approximate surface area is 166 Å². The normalized spacial score (nSPS) is 16.0. The SMILES string of the molecule is COc1cc(/C(C=N)=C(\C)N)cn2ncc(C#N)c12.N#CN1CCCC(F)(F)C1. The number of fused-ring (bicyclic) bond motifs is 1. The molecule has 0 atom stereocenters. The Morgan fingerprint density at radius 1 is 1.45 bits per heavy atom. The van der Waals surface area contributed by atoms with Crippen LogP contribution in [-0.2, 0) is 0 Å². The lowest BCUT2D eigenvalue weighted by Gasteiger charge is -2.27. The molecule has 8 nitrogen and oxygen atoms in total. The summed E-state index contributed by atoms with van der Waals surface area (Å²) in [5.41, 5.74) is 8.63. The topological polar surface area (TPSA) is 127 Å². The highest BCUT2D eigenvalue weighted by molar-refractivity contribution is 6.09. The highest BCUT2D eigenvalue weighted by Crippen LogP contribution is 2.27. The molecule has 3 heterocycles. The number of pyridine rings is 1. The van der Waals surface area contributed by atoms with E-state index in [-0.39, 0.29) is 6.42 Å². The molecule has 2 aromatic rings. The van der Waals surface area contributed by atoms with Crippen LogP contribution in [0.1, 0.15) is 30.9 Å². The van der Waals surface area contributed by atoms with Gasteiger partial charge in [0, 0.05) is 42.2 Å². The van der Waals surface area contributed by atoms with Gasteiger partial charge in [-0.2, -0.15) is 15.6 Å². The number of alkyl halides is 2. The van der Waals surface area contributed by atoms with E-state index in [9.17, 15) is 8.78 Å². The maximum absolute atomic E-state index is 12.4. The van der Waals surface area contributed by atoms with Gasteiger partial charge in [0.15, 0.2) is 6.19 Å². The van der Waals surface area contributed by atoms with Crippen LogP contribution in [0, 0.1) is 28.2 Å². The first-order valence-electron chi connectivity index (χ1n) is 8.71. The van der Waals surface area contributed by atoms with E-state index in [4.69, 9.17) is 26.4 Å². The number of likely N-dealkylation sites (tertiary alicyclic amines) is 1. The fourth-order valence-corrected chi connectivity index (χ4v) is 2.95. The predicted molar refractivity (Wildman–Crippen MR) is 103 cm³/mol. The summed E-state index contributed by atoms with van der Waals surface area (Å²) in [6.07, 6.45) is 6.43. The van der Waals surface area contributed by atoms with Crippen LogP contribution in [0.5, 0.6) is 5.75 Å². The van der Waals surface area contributed by atoms with Crippen molar-refractivity contribution in [2.45, 2.75) is 25.7 Å². The molecule has 0 unspecified atom stereocenters. The van der Waals surface area contributed by atoms with Crippen molar-refractivity contribution in [1.82, 2.24) is 14.5 Å². The molecule has 0 saturated carbocycles. The molecule has 1 saturated heterocycles. The van der Waals surface area contributed by atoms with Crippen LogP contribution in [0.2, 0.25) is 0 Å². The molecule has 10 heteroatoms. The van der Waals surface area contributed by atoms with Gasteiger partial charge in [0.25, 0.3) is 5.92 Å². The highest BCUT2D eigenvalue weighted by Gasteiger charge is 2.34. The van der Waals surface area contributed by atoms with Gasteiger partial charge in [-0.15, -0.1) is 0 Å². The molecular weight excluding hydrogens is 380 g/mol. The van der Waals surface area contributed by atoms with Crippen molar-refractivity contribution in [3.05, 3.63) is 35.3 Å². The molecule has 1 aliphatic rings. The number of aromatic nitrogens is 2. The average molecular weight is 401 g/mol. The first kappa shape index (κ1) is 21.6. The predicted octanol–water partition coefficient (Wildman–Crippen LogP) is 2.75. The first-order chi connectivity index (χ1) is 13.8. The Kier molecular flexibility index (Phi) is 6.73. The standard InChI is InChI=1S/C13H13N5O.C6H8F2N2/c1-8(16)11(5-15)9-3-12(19-2)13-10(4-14)6-17-18(13)7-9;7-6(8)2-1-3-10(4-6)5-9/h3,5-7,15H,16H2,1-2H3;1-4H2/b11-8+,15-5?;. The van der Waals surface area contributed by atoms with Crippen molar-refractivity contribution in [3.63, 3.8) is 0 Å². The molecule has 0 bridgehead atoms. The molecule has 0 radical (unpaired) electrons. The summed E-state index contributed by atoms with van der Waals surface area (Å²) in [6.45, 7) is 1.80. The van der Waals surface area contributed by atoms with E-state index < -0.39 is 12.5 Å². The Morgan fingerprint density at radius 2 is 2.17 bits per heavy atom. The van der Waals surface area contributed by atoms with Gasteiger partial charge in [0.05, 0.1) is 19.9 Å². The molecular formula is C19H21F2N7O. The number of allylic oxidation sites excluding steroid dienone is 2. The van der Waals surface area contributed by atoms with E-state index in [2.05, 4.69) is 11.2 Å². The van der Waals surface area contributed by atoms with Crippen LogP contribution in [-0.4, -0.2) is 46.9 Å². The Balaban J connectivity index is 0.000000253. The van der Waals surface area contributed by atoms with E-state index in [1.165, 1.54) is 19.5 Å². The number of methoxy groups -OCH3 is 1. The number of nitrogens with zero attached hydrogens (tertiary/aromatic N) is 5. The molecule has 0 spiro atoms. The smallest absolute Gasteiger partial charge is 0.266 e. The maximum Gasteiger partial charge on any atom is 0.266 e. The number of hydrogen-bond donors (Lipinski definition) is 2. The van der Waals surface area contributed by atoms with E-state index >= 15 is 0 Å². The minimum atomic E-state index is -2.64. The van der Waals surface area contributed by atoms with Crippen LogP contribution in [0.3, 0.4) is 0 Å². The first-order valence-corrected chi connectivity index (χ1v) is 8.71. The van der Waals surface area contributed by atoms with Gasteiger partial charge < -0.3 is 20.8 Å². The minimum Gasteiger partial charge on any atom is -0.494 e. The second-order valence-electron chi connectivity index (χ2n) is 6.48. The minimum absolute atomic E-state index is 0.0782. The van der Waals surface area contributed by atoms with Gasteiger partial charge in [-0.1, -0.05) is 0 Å². The lowest BCUT2D eigenvalue weighted by Crippen LogP contribution is -2.39. The number of ether oxygens (including phenoxy) is 1. The van der Waals surface area contributed by atoms with Crippen LogP contribution in [0.15, 0.2) is 24.2 Å². The fraction of sp³-hybridized carbons (Fsp3) is 0.368. The number of rotatable bonds is 3. The summed E-state index contributed by atoms with van der Waals surface area (Å²) in [4.78, 5) is 1.10. The zero-order valence-electron chi connectivity index (χ0n) is 16.1. The number of nitrogens with two attached hydrogens (primary N) is 1. The third-order valence-electron chi connectivity index (χ3n) is 4.33. The molecule has 1 aliphatic heterocycles. The summed E-state index contributed by atoms with van der Waals surface area (Å²) in [5.74, 6) is -2.12. The highest BCUT2D eigenvalue weighted by atomic mass is 19.3. The molecule has 3 rings (SSSR count). The molecule has 0 amide bonds. The van der Waals surface area contributed by atoms with Gasteiger partial charge in [-0.05, 0) is 19.4 Å². The van der Waals surface area contributed by atoms with Crippen molar-refractivity contribution in [2.24, 2.45) is 5.73 Å². The Bertz CT molecular complexity index is 1010. The van der Waals surface area contributed by atoms with Crippen LogP contribution < -0.4 is 10.5 Å². The molecule has 2 aromatic heterocycles. The van der Waals surface area contributed by atoms with Crippen molar-refractivity contribution in [2.75, 3.05) is 20.2 Å². The largest absolute Gasteiger partial charge is 0.494 e. The van der Waals surface area contributed by atoms with E-state index in [1.807, 2.05) is 0 Å². The van der Waals surface area contributed by atoms with E-state index in [0.717, 1.165) is 4.90 Å². The van der Waals surface area contributed by atoms with Gasteiger partial charge >= 0.3 is 0 Å². The van der Waals surface area contributed by atoms with Gasteiger partial charge in [-0.3, -0.25) is 0 Å². The van der Waals surface area contributed by atoms with Crippen molar-refractivity contribution in [3.8, 4) is 18.0 Å². The molecule has 1 fully saturated rings. The number of nitriles is 2. The zero-order valence-corrected chi connectivity index (χ0v) is 16.1.